The standard InChI is InChI=1S/C16H23NO3Si/c1-5-8-12(20-21(2,3)4)11-17-15(18)13-9-6-7-10-14(13)16(17)19/h6-7,9-10,12H,5,8,11H2,1-4H3. The van der Waals surface area contributed by atoms with E-state index in [1.165, 1.54) is 4.90 Å². The van der Waals surface area contributed by atoms with E-state index in [9.17, 15) is 9.59 Å². The molecule has 0 saturated carbocycles. The van der Waals surface area contributed by atoms with Crippen LogP contribution in [0.25, 0.3) is 0 Å². The van der Waals surface area contributed by atoms with Gasteiger partial charge in [-0.3, -0.25) is 14.5 Å². The average molecular weight is 305 g/mol. The predicted octanol–water partition coefficient (Wildman–Crippen LogP) is 3.30. The fraction of sp³-hybridized carbons (Fsp3) is 0.500. The summed E-state index contributed by atoms with van der Waals surface area (Å²) in [6.07, 6.45) is 1.76. The van der Waals surface area contributed by atoms with E-state index >= 15 is 0 Å². The van der Waals surface area contributed by atoms with Crippen LogP contribution in [0.5, 0.6) is 0 Å². The van der Waals surface area contributed by atoms with Crippen LogP contribution in [0.2, 0.25) is 19.6 Å². The Kier molecular flexibility index (Phi) is 4.63. The molecule has 21 heavy (non-hydrogen) atoms. The highest BCUT2D eigenvalue weighted by molar-refractivity contribution is 6.69. The second kappa shape index (κ2) is 6.11. The van der Waals surface area contributed by atoms with E-state index < -0.39 is 8.32 Å². The molecule has 1 heterocycles. The van der Waals surface area contributed by atoms with Crippen LogP contribution in [0.4, 0.5) is 0 Å². The van der Waals surface area contributed by atoms with Crippen molar-refractivity contribution in [3.8, 4) is 0 Å². The lowest BCUT2D eigenvalue weighted by Gasteiger charge is -2.29. The molecule has 1 aliphatic heterocycles. The number of fused-ring (bicyclic) bond motifs is 1. The van der Waals surface area contributed by atoms with Gasteiger partial charge in [0.2, 0.25) is 0 Å². The molecule has 1 atom stereocenters. The van der Waals surface area contributed by atoms with Crippen molar-refractivity contribution in [2.75, 3.05) is 6.54 Å². The summed E-state index contributed by atoms with van der Waals surface area (Å²) in [5.41, 5.74) is 1.01. The van der Waals surface area contributed by atoms with Gasteiger partial charge in [-0.25, -0.2) is 0 Å². The molecule has 0 N–H and O–H groups in total. The minimum Gasteiger partial charge on any atom is -0.413 e. The second-order valence-corrected chi connectivity index (χ2v) is 10.9. The van der Waals surface area contributed by atoms with Gasteiger partial charge in [0.15, 0.2) is 8.32 Å². The number of hydrogen-bond acceptors (Lipinski definition) is 3. The van der Waals surface area contributed by atoms with Gasteiger partial charge in [0.25, 0.3) is 11.8 Å². The quantitative estimate of drug-likeness (QED) is 0.598. The van der Waals surface area contributed by atoms with Crippen molar-refractivity contribution in [3.63, 3.8) is 0 Å². The number of amides is 2. The Labute approximate surface area is 127 Å². The average Bonchev–Trinajstić information content (AvgIpc) is 2.63. The lowest BCUT2D eigenvalue weighted by molar-refractivity contribution is 0.0554. The molecule has 0 aliphatic carbocycles. The first-order valence-corrected chi connectivity index (χ1v) is 10.9. The van der Waals surface area contributed by atoms with E-state index in [2.05, 4.69) is 26.6 Å². The molecule has 5 heteroatoms. The lowest BCUT2D eigenvalue weighted by atomic mass is 10.1. The van der Waals surface area contributed by atoms with Gasteiger partial charge in [-0.2, -0.15) is 0 Å². The number of nitrogens with zero attached hydrogens (tertiary/aromatic N) is 1. The Hall–Kier alpha value is -1.46. The van der Waals surface area contributed by atoms with E-state index in [1.54, 1.807) is 24.3 Å². The van der Waals surface area contributed by atoms with Crippen molar-refractivity contribution in [1.29, 1.82) is 0 Å². The molecular weight excluding hydrogens is 282 g/mol. The van der Waals surface area contributed by atoms with E-state index in [0.29, 0.717) is 17.7 Å². The van der Waals surface area contributed by atoms with Gasteiger partial charge in [-0.05, 0) is 38.2 Å². The van der Waals surface area contributed by atoms with Crippen LogP contribution in [0.3, 0.4) is 0 Å². The van der Waals surface area contributed by atoms with Gasteiger partial charge in [-0.1, -0.05) is 25.5 Å². The largest absolute Gasteiger partial charge is 0.413 e. The summed E-state index contributed by atoms with van der Waals surface area (Å²) in [5.74, 6) is -0.397. The maximum Gasteiger partial charge on any atom is 0.261 e. The van der Waals surface area contributed by atoms with Crippen LogP contribution in [0, 0.1) is 0 Å². The smallest absolute Gasteiger partial charge is 0.261 e. The van der Waals surface area contributed by atoms with Gasteiger partial charge in [0, 0.05) is 0 Å². The molecule has 0 aromatic heterocycles. The summed E-state index contributed by atoms with van der Waals surface area (Å²) in [6.45, 7) is 8.81. The topological polar surface area (TPSA) is 46.6 Å². The normalized spacial score (nSPS) is 16.3. The summed E-state index contributed by atoms with van der Waals surface area (Å²) >= 11 is 0. The summed E-state index contributed by atoms with van der Waals surface area (Å²) in [6, 6.07) is 7.00. The number of benzene rings is 1. The van der Waals surface area contributed by atoms with Crippen LogP contribution < -0.4 is 0 Å². The minimum absolute atomic E-state index is 0.0659. The Bertz CT molecular complexity index is 516. The molecule has 4 nitrogen and oxygen atoms in total. The molecule has 0 saturated heterocycles. The fourth-order valence-corrected chi connectivity index (χ4v) is 3.81. The zero-order chi connectivity index (χ0) is 15.6. The molecule has 2 amide bonds. The third-order valence-electron chi connectivity index (χ3n) is 3.40. The lowest BCUT2D eigenvalue weighted by Crippen LogP contribution is -2.42. The van der Waals surface area contributed by atoms with Crippen molar-refractivity contribution in [1.82, 2.24) is 4.90 Å². The van der Waals surface area contributed by atoms with Gasteiger partial charge < -0.3 is 4.43 Å². The molecule has 0 fully saturated rings. The summed E-state index contributed by atoms with van der Waals surface area (Å²) in [7, 11) is -1.70. The molecule has 0 radical (unpaired) electrons. The number of hydrogen-bond donors (Lipinski definition) is 0. The molecule has 1 aromatic rings. The van der Waals surface area contributed by atoms with Crippen molar-refractivity contribution < 1.29 is 14.0 Å². The first-order valence-electron chi connectivity index (χ1n) is 7.46. The van der Waals surface area contributed by atoms with Crippen molar-refractivity contribution in [3.05, 3.63) is 35.4 Å². The monoisotopic (exact) mass is 305 g/mol. The van der Waals surface area contributed by atoms with Crippen LogP contribution >= 0.6 is 0 Å². The van der Waals surface area contributed by atoms with Crippen molar-refractivity contribution >= 4 is 20.1 Å². The van der Waals surface area contributed by atoms with E-state index in [-0.39, 0.29) is 17.9 Å². The Morgan fingerprint density at radius 2 is 1.62 bits per heavy atom. The molecule has 0 bridgehead atoms. The maximum atomic E-state index is 12.4. The van der Waals surface area contributed by atoms with E-state index in [0.717, 1.165) is 12.8 Å². The Balaban J connectivity index is 2.15. The Morgan fingerprint density at radius 1 is 1.10 bits per heavy atom. The number of rotatable bonds is 6. The zero-order valence-electron chi connectivity index (χ0n) is 13.2. The molecule has 1 unspecified atom stereocenters. The minimum atomic E-state index is -1.70. The highest BCUT2D eigenvalue weighted by atomic mass is 28.4. The van der Waals surface area contributed by atoms with Crippen LogP contribution in [0.15, 0.2) is 24.3 Å². The first kappa shape index (κ1) is 15.9. The maximum absolute atomic E-state index is 12.4. The Morgan fingerprint density at radius 3 is 2.05 bits per heavy atom. The molecule has 0 spiro atoms. The van der Waals surface area contributed by atoms with Gasteiger partial charge in [0.05, 0.1) is 23.8 Å². The summed E-state index contributed by atoms with van der Waals surface area (Å²) in [5, 5.41) is 0. The van der Waals surface area contributed by atoms with Crippen molar-refractivity contribution in [2.45, 2.75) is 45.5 Å². The molecule has 1 aliphatic rings. The fourth-order valence-electron chi connectivity index (χ4n) is 2.62. The third-order valence-corrected chi connectivity index (χ3v) is 4.44. The SMILES string of the molecule is CCCC(CN1C(=O)c2ccccc2C1=O)O[Si](C)(C)C. The predicted molar refractivity (Wildman–Crippen MR) is 84.9 cm³/mol. The number of carbonyl (C=O) groups is 2. The number of imide groups is 1. The number of carbonyl (C=O) groups excluding carboxylic acids is 2. The second-order valence-electron chi connectivity index (χ2n) is 6.41. The van der Waals surface area contributed by atoms with Crippen molar-refractivity contribution in [2.24, 2.45) is 0 Å². The van der Waals surface area contributed by atoms with Gasteiger partial charge >= 0.3 is 0 Å². The van der Waals surface area contributed by atoms with Crippen LogP contribution in [-0.4, -0.2) is 37.7 Å². The first-order chi connectivity index (χ1) is 9.83. The highest BCUT2D eigenvalue weighted by Crippen LogP contribution is 2.24. The van der Waals surface area contributed by atoms with Gasteiger partial charge in [-0.15, -0.1) is 0 Å². The van der Waals surface area contributed by atoms with Crippen LogP contribution in [-0.2, 0) is 4.43 Å². The summed E-state index contributed by atoms with van der Waals surface area (Å²) in [4.78, 5) is 26.1. The molecular formula is C16H23NO3Si. The molecule has 2 rings (SSSR count). The summed E-state index contributed by atoms with van der Waals surface area (Å²) < 4.78 is 6.13. The zero-order valence-corrected chi connectivity index (χ0v) is 14.2. The molecule has 1 aromatic carbocycles. The highest BCUT2D eigenvalue weighted by Gasteiger charge is 2.37. The van der Waals surface area contributed by atoms with E-state index in [4.69, 9.17) is 4.43 Å². The van der Waals surface area contributed by atoms with E-state index in [1.807, 2.05) is 0 Å². The van der Waals surface area contributed by atoms with Gasteiger partial charge in [0.1, 0.15) is 0 Å². The van der Waals surface area contributed by atoms with Crippen LogP contribution in [0.1, 0.15) is 40.5 Å². The third kappa shape index (κ3) is 3.60. The molecule has 114 valence electrons.